The highest BCUT2D eigenvalue weighted by Crippen LogP contribution is 2.34. The van der Waals surface area contributed by atoms with E-state index in [2.05, 4.69) is 64.7 Å². The van der Waals surface area contributed by atoms with E-state index in [4.69, 9.17) is 10.5 Å². The van der Waals surface area contributed by atoms with Crippen molar-refractivity contribution in [1.29, 1.82) is 0 Å². The number of nitrogens with zero attached hydrogens (tertiary/aromatic N) is 4. The lowest BCUT2D eigenvalue weighted by Gasteiger charge is -2.39. The van der Waals surface area contributed by atoms with Gasteiger partial charge in [0, 0.05) is 55.7 Å². The van der Waals surface area contributed by atoms with E-state index >= 15 is 0 Å². The Hall–Kier alpha value is -3.32. The second-order valence-corrected chi connectivity index (χ2v) is 11.4. The predicted molar refractivity (Wildman–Crippen MR) is 147 cm³/mol. The number of carbonyl (C=O) groups excluding carboxylic acids is 1. The number of urea groups is 1. The number of nitrogens with two attached hydrogens (primary N) is 1. The summed E-state index contributed by atoms with van der Waals surface area (Å²) in [5.41, 5.74) is 8.74. The fraction of sp³-hybridized carbons (Fsp3) is 0.467. The number of carbonyl (C=O) groups is 1. The molecule has 7 heteroatoms. The molecule has 196 valence electrons. The van der Waals surface area contributed by atoms with Gasteiger partial charge in [-0.15, -0.1) is 0 Å². The maximum absolute atomic E-state index is 13.6. The van der Waals surface area contributed by atoms with Crippen molar-refractivity contribution in [3.8, 4) is 11.6 Å². The summed E-state index contributed by atoms with van der Waals surface area (Å²) in [6.07, 6.45) is 12.8. The third-order valence-electron chi connectivity index (χ3n) is 7.62. The van der Waals surface area contributed by atoms with Crippen molar-refractivity contribution in [2.45, 2.75) is 70.6 Å². The number of likely N-dealkylation sites (tertiary alicyclic amines) is 1. The first-order valence-electron chi connectivity index (χ1n) is 13.4. The molecule has 0 spiro atoms. The van der Waals surface area contributed by atoms with Gasteiger partial charge in [0.15, 0.2) is 0 Å². The van der Waals surface area contributed by atoms with Gasteiger partial charge in [-0.25, -0.2) is 9.78 Å². The van der Waals surface area contributed by atoms with E-state index in [-0.39, 0.29) is 23.7 Å². The minimum atomic E-state index is -0.180. The van der Waals surface area contributed by atoms with Crippen molar-refractivity contribution < 1.29 is 9.53 Å². The second kappa shape index (κ2) is 10.6. The normalized spacial score (nSPS) is 21.4. The Morgan fingerprint density at radius 3 is 2.43 bits per heavy atom. The number of aromatic nitrogens is 1. The van der Waals surface area contributed by atoms with Crippen LogP contribution in [-0.4, -0.2) is 63.0 Å². The molecule has 3 heterocycles. The highest BCUT2D eigenvalue weighted by molar-refractivity contribution is 5.79. The Morgan fingerprint density at radius 1 is 1.05 bits per heavy atom. The van der Waals surface area contributed by atoms with Crippen LogP contribution in [0.25, 0.3) is 0 Å². The van der Waals surface area contributed by atoms with Crippen LogP contribution < -0.4 is 10.5 Å². The molecule has 7 nitrogen and oxygen atoms in total. The number of hydrogen-bond donors (Lipinski definition) is 1. The highest BCUT2D eigenvalue weighted by Gasteiger charge is 2.46. The zero-order valence-corrected chi connectivity index (χ0v) is 22.3. The minimum Gasteiger partial charge on any atom is -0.439 e. The largest absolute Gasteiger partial charge is 0.439 e. The zero-order chi connectivity index (χ0) is 26.0. The summed E-state index contributed by atoms with van der Waals surface area (Å²) < 4.78 is 5.82. The summed E-state index contributed by atoms with van der Waals surface area (Å²) in [6.45, 7) is 9.97. The molecule has 2 aliphatic heterocycles. The third kappa shape index (κ3) is 5.82. The molecule has 2 fully saturated rings. The Morgan fingerprint density at radius 2 is 1.81 bits per heavy atom. The molecule has 37 heavy (non-hydrogen) atoms. The fourth-order valence-electron chi connectivity index (χ4n) is 5.57. The molecule has 3 aliphatic rings. The predicted octanol–water partition coefficient (Wildman–Crippen LogP) is 5.60. The minimum absolute atomic E-state index is 0.151. The molecule has 2 N–H and O–H groups in total. The molecule has 1 atom stereocenters. The molecule has 0 saturated carbocycles. The van der Waals surface area contributed by atoms with Crippen LogP contribution in [0.15, 0.2) is 66.4 Å². The smallest absolute Gasteiger partial charge is 0.321 e. The van der Waals surface area contributed by atoms with E-state index in [1.807, 2.05) is 36.5 Å². The van der Waals surface area contributed by atoms with Crippen molar-refractivity contribution in [1.82, 2.24) is 19.7 Å². The van der Waals surface area contributed by atoms with Crippen LogP contribution in [0.4, 0.5) is 10.5 Å². The summed E-state index contributed by atoms with van der Waals surface area (Å²) in [5.74, 6) is 1.29. The molecule has 2 aromatic rings. The van der Waals surface area contributed by atoms with Crippen LogP contribution >= 0.6 is 0 Å². The lowest BCUT2D eigenvalue weighted by molar-refractivity contribution is 0.110. The number of nitrogen functional groups attached to an aromatic ring is 1. The van der Waals surface area contributed by atoms with E-state index < -0.39 is 0 Å². The van der Waals surface area contributed by atoms with Crippen molar-refractivity contribution in [3.05, 3.63) is 72.0 Å². The molecule has 1 aliphatic carbocycles. The Kier molecular flexibility index (Phi) is 7.24. The van der Waals surface area contributed by atoms with Crippen LogP contribution in [0, 0.1) is 0 Å². The quantitative estimate of drug-likeness (QED) is 0.522. The lowest BCUT2D eigenvalue weighted by Crippen LogP contribution is -2.50. The molecule has 2 amide bonds. The van der Waals surface area contributed by atoms with Gasteiger partial charge in [0.25, 0.3) is 0 Å². The number of amides is 2. The van der Waals surface area contributed by atoms with Crippen molar-refractivity contribution in [2.24, 2.45) is 0 Å². The fourth-order valence-corrected chi connectivity index (χ4v) is 5.57. The molecule has 0 bridgehead atoms. The molecule has 0 radical (unpaired) electrons. The third-order valence-corrected chi connectivity index (χ3v) is 7.62. The Balaban J connectivity index is 1.19. The molecule has 0 unspecified atom stereocenters. The van der Waals surface area contributed by atoms with E-state index in [0.29, 0.717) is 11.6 Å². The highest BCUT2D eigenvalue weighted by atomic mass is 16.5. The average Bonchev–Trinajstić information content (AvgIpc) is 3.25. The van der Waals surface area contributed by atoms with Gasteiger partial charge in [0.05, 0.1) is 6.04 Å². The SMILES string of the molecule is CC(C)(C)N1C[C@@H](C2=CCCC=C2)N(C2CCN(Cc3ccc(Oc4ccc(N)cc4)nc3)CC2)C1=O. The molecule has 1 aromatic heterocycles. The monoisotopic (exact) mass is 501 g/mol. The number of ether oxygens (including phenoxy) is 1. The maximum atomic E-state index is 13.6. The lowest BCUT2D eigenvalue weighted by atomic mass is 9.95. The van der Waals surface area contributed by atoms with Crippen LogP contribution in [0.2, 0.25) is 0 Å². The number of anilines is 1. The number of piperidine rings is 1. The average molecular weight is 502 g/mol. The Bertz CT molecular complexity index is 1140. The second-order valence-electron chi connectivity index (χ2n) is 11.4. The van der Waals surface area contributed by atoms with Gasteiger partial charge in [-0.05, 0) is 81.9 Å². The zero-order valence-electron chi connectivity index (χ0n) is 22.3. The van der Waals surface area contributed by atoms with E-state index in [0.717, 1.165) is 63.2 Å². The Labute approximate surface area is 220 Å². The van der Waals surface area contributed by atoms with Crippen molar-refractivity contribution in [3.63, 3.8) is 0 Å². The number of allylic oxidation sites excluding steroid dienone is 2. The maximum Gasteiger partial charge on any atom is 0.321 e. The van der Waals surface area contributed by atoms with E-state index in [9.17, 15) is 4.79 Å². The van der Waals surface area contributed by atoms with Crippen molar-refractivity contribution in [2.75, 3.05) is 25.4 Å². The number of rotatable bonds is 6. The summed E-state index contributed by atoms with van der Waals surface area (Å²) in [5, 5.41) is 0. The first kappa shape index (κ1) is 25.3. The van der Waals surface area contributed by atoms with Gasteiger partial charge in [-0.2, -0.15) is 0 Å². The van der Waals surface area contributed by atoms with E-state index in [1.165, 1.54) is 5.57 Å². The number of pyridine rings is 1. The van der Waals surface area contributed by atoms with Gasteiger partial charge in [-0.3, -0.25) is 4.90 Å². The van der Waals surface area contributed by atoms with Gasteiger partial charge in [0.1, 0.15) is 5.75 Å². The first-order valence-corrected chi connectivity index (χ1v) is 13.4. The van der Waals surface area contributed by atoms with Crippen LogP contribution in [0.5, 0.6) is 11.6 Å². The molecular formula is C30H39N5O2. The number of hydrogen-bond acceptors (Lipinski definition) is 5. The van der Waals surface area contributed by atoms with Crippen LogP contribution in [0.1, 0.15) is 52.0 Å². The first-order chi connectivity index (χ1) is 17.8. The summed E-state index contributed by atoms with van der Waals surface area (Å²) in [7, 11) is 0. The van der Waals surface area contributed by atoms with Crippen molar-refractivity contribution >= 4 is 11.7 Å². The van der Waals surface area contributed by atoms with Gasteiger partial charge < -0.3 is 20.3 Å². The summed E-state index contributed by atoms with van der Waals surface area (Å²) in [4.78, 5) is 24.8. The molecular weight excluding hydrogens is 462 g/mol. The van der Waals surface area contributed by atoms with Gasteiger partial charge in [0.2, 0.25) is 5.88 Å². The van der Waals surface area contributed by atoms with Crippen LogP contribution in [0.3, 0.4) is 0 Å². The van der Waals surface area contributed by atoms with Gasteiger partial charge >= 0.3 is 6.03 Å². The van der Waals surface area contributed by atoms with Gasteiger partial charge in [-0.1, -0.05) is 24.3 Å². The molecule has 1 aromatic carbocycles. The molecule has 5 rings (SSSR count). The summed E-state index contributed by atoms with van der Waals surface area (Å²) in [6, 6.07) is 11.9. The van der Waals surface area contributed by atoms with E-state index in [1.54, 1.807) is 0 Å². The standard InChI is InChI=1S/C30H39N5O2/c1-30(2,3)34-21-27(23-7-5-4-6-8-23)35(29(34)36)25-15-17-33(18-16-25)20-22-9-14-28(32-19-22)37-26-12-10-24(31)11-13-26/h5,7-14,19,25,27H,4,6,15-18,20-21,31H2,1-3H3/t27-/m0/s1. The molecule has 2 saturated heterocycles. The van der Waals surface area contributed by atoms with Crippen LogP contribution in [-0.2, 0) is 6.54 Å². The number of benzene rings is 1. The topological polar surface area (TPSA) is 74.9 Å². The summed E-state index contributed by atoms with van der Waals surface area (Å²) >= 11 is 0.